The Morgan fingerprint density at radius 2 is 2.75 bits per heavy atom. The van der Waals surface area contributed by atoms with Gasteiger partial charge in [0.2, 0.25) is 0 Å². The van der Waals surface area contributed by atoms with Crippen LogP contribution in [-0.4, -0.2) is 9.59 Å². The maximum atomic E-state index is 3.73. The molecule has 1 aromatic rings. The summed E-state index contributed by atoms with van der Waals surface area (Å²) in [5.74, 6) is 0. The number of hydrogen-bond acceptors (Lipinski definition) is 3. The van der Waals surface area contributed by atoms with E-state index in [9.17, 15) is 0 Å². The Balaban J connectivity index is 2.77. The van der Waals surface area contributed by atoms with Crippen LogP contribution in [0.4, 0.5) is 0 Å². The molecule has 1 radical (unpaired) electrons. The lowest BCUT2D eigenvalue weighted by atomic mass is 10.4. The number of nitrogens with zero attached hydrogens (tertiary/aromatic N) is 2. The highest BCUT2D eigenvalue weighted by molar-refractivity contribution is 7.03. The van der Waals surface area contributed by atoms with E-state index in [1.807, 2.05) is 18.4 Å². The molecule has 1 heterocycles. The third-order valence-corrected chi connectivity index (χ3v) is 1.16. The minimum Gasteiger partial charge on any atom is -0.138 e. The van der Waals surface area contributed by atoms with Crippen LogP contribution in [0.5, 0.6) is 0 Å². The molecule has 0 aromatic carbocycles. The molecular weight excluding hydrogens is 120 g/mol. The van der Waals surface area contributed by atoms with Crippen molar-refractivity contribution in [2.24, 2.45) is 0 Å². The molecule has 0 saturated carbocycles. The molecule has 0 aliphatic rings. The quantitative estimate of drug-likeness (QED) is 0.564. The van der Waals surface area contributed by atoms with E-state index in [1.165, 1.54) is 11.5 Å². The summed E-state index contributed by atoms with van der Waals surface area (Å²) in [5, 5.41) is 5.58. The summed E-state index contributed by atoms with van der Waals surface area (Å²) >= 11 is 1.34. The van der Waals surface area contributed by atoms with Gasteiger partial charge in [0.15, 0.2) is 0 Å². The maximum absolute atomic E-state index is 3.73. The first kappa shape index (κ1) is 5.44. The highest BCUT2D eigenvalue weighted by atomic mass is 32.1. The van der Waals surface area contributed by atoms with Gasteiger partial charge < -0.3 is 0 Å². The molecule has 0 bridgehead atoms. The molecule has 1 rings (SSSR count). The average Bonchev–Trinajstić information content (AvgIpc) is 2.19. The van der Waals surface area contributed by atoms with Crippen LogP contribution in [0.25, 0.3) is 0 Å². The van der Waals surface area contributed by atoms with Crippen molar-refractivity contribution in [2.45, 2.75) is 6.92 Å². The Hall–Kier alpha value is -0.700. The third-order valence-electron chi connectivity index (χ3n) is 0.652. The van der Waals surface area contributed by atoms with Gasteiger partial charge in [-0.15, -0.1) is 5.10 Å². The van der Waals surface area contributed by atoms with Gasteiger partial charge in [-0.1, -0.05) is 10.6 Å². The molecule has 1 aromatic heterocycles. The summed E-state index contributed by atoms with van der Waals surface area (Å²) in [6.07, 6.45) is 4.72. The Labute approximate surface area is 52.0 Å². The van der Waals surface area contributed by atoms with Gasteiger partial charge in [-0.25, -0.2) is 0 Å². The first-order chi connectivity index (χ1) is 3.93. The van der Waals surface area contributed by atoms with Crippen LogP contribution in [0.2, 0.25) is 0 Å². The van der Waals surface area contributed by atoms with Crippen molar-refractivity contribution >= 4 is 11.5 Å². The number of allylic oxidation sites excluding steroid dienone is 1. The SMILES string of the molecule is C/C=[C]/c1csnn1. The van der Waals surface area contributed by atoms with E-state index in [0.29, 0.717) is 0 Å². The normalized spacial score (nSPS) is 10.6. The monoisotopic (exact) mass is 125 g/mol. The van der Waals surface area contributed by atoms with E-state index < -0.39 is 0 Å². The van der Waals surface area contributed by atoms with Gasteiger partial charge in [-0.2, -0.15) is 0 Å². The van der Waals surface area contributed by atoms with Crippen LogP contribution in [0.1, 0.15) is 12.6 Å². The zero-order valence-electron chi connectivity index (χ0n) is 4.46. The molecule has 0 aliphatic carbocycles. The van der Waals surface area contributed by atoms with E-state index in [1.54, 1.807) is 0 Å². The van der Waals surface area contributed by atoms with Gasteiger partial charge in [-0.3, -0.25) is 0 Å². The summed E-state index contributed by atoms with van der Waals surface area (Å²) in [5.41, 5.74) is 0.817. The summed E-state index contributed by atoms with van der Waals surface area (Å²) in [6.45, 7) is 1.90. The fourth-order valence-electron chi connectivity index (χ4n) is 0.375. The van der Waals surface area contributed by atoms with Crippen molar-refractivity contribution in [1.29, 1.82) is 0 Å². The van der Waals surface area contributed by atoms with Crippen molar-refractivity contribution < 1.29 is 0 Å². The molecule has 3 heteroatoms. The largest absolute Gasteiger partial charge is 0.138 e. The number of hydrogen-bond donors (Lipinski definition) is 0. The van der Waals surface area contributed by atoms with Crippen molar-refractivity contribution in [3.8, 4) is 0 Å². The van der Waals surface area contributed by atoms with Gasteiger partial charge in [0, 0.05) is 11.5 Å². The lowest BCUT2D eigenvalue weighted by molar-refractivity contribution is 1.11. The highest BCUT2D eigenvalue weighted by Crippen LogP contribution is 1.95. The van der Waals surface area contributed by atoms with Crippen molar-refractivity contribution in [1.82, 2.24) is 9.59 Å². The molecule has 2 nitrogen and oxygen atoms in total. The van der Waals surface area contributed by atoms with Gasteiger partial charge in [0.05, 0.1) is 0 Å². The fourth-order valence-corrected chi connectivity index (χ4v) is 0.773. The Bertz CT molecular complexity index is 167. The van der Waals surface area contributed by atoms with E-state index in [-0.39, 0.29) is 0 Å². The first-order valence-electron chi connectivity index (χ1n) is 2.25. The number of rotatable bonds is 1. The third kappa shape index (κ3) is 1.13. The van der Waals surface area contributed by atoms with E-state index in [4.69, 9.17) is 0 Å². The maximum Gasteiger partial charge on any atom is 0.106 e. The predicted octanol–water partition coefficient (Wildman–Crippen LogP) is 1.27. The van der Waals surface area contributed by atoms with Gasteiger partial charge in [0.25, 0.3) is 0 Å². The molecular formula is C5H5N2S. The van der Waals surface area contributed by atoms with Gasteiger partial charge >= 0.3 is 0 Å². The van der Waals surface area contributed by atoms with Gasteiger partial charge in [-0.05, 0) is 18.5 Å². The van der Waals surface area contributed by atoms with Crippen LogP contribution in [0.15, 0.2) is 11.5 Å². The first-order valence-corrected chi connectivity index (χ1v) is 3.08. The van der Waals surface area contributed by atoms with E-state index >= 15 is 0 Å². The van der Waals surface area contributed by atoms with Crippen LogP contribution < -0.4 is 0 Å². The second kappa shape index (κ2) is 2.57. The lowest BCUT2D eigenvalue weighted by Gasteiger charge is -1.70. The zero-order valence-corrected chi connectivity index (χ0v) is 5.27. The summed E-state index contributed by atoms with van der Waals surface area (Å²) in [6, 6.07) is 0. The molecule has 0 atom stereocenters. The molecule has 0 unspecified atom stereocenters. The van der Waals surface area contributed by atoms with Crippen molar-refractivity contribution in [3.05, 3.63) is 23.2 Å². The molecule has 8 heavy (non-hydrogen) atoms. The standard InChI is InChI=1S/C5H5N2S/c1-2-3-5-4-8-7-6-5/h2,4H,1H3. The van der Waals surface area contributed by atoms with E-state index in [2.05, 4.69) is 15.7 Å². The lowest BCUT2D eigenvalue weighted by Crippen LogP contribution is -1.70. The average molecular weight is 125 g/mol. The highest BCUT2D eigenvalue weighted by Gasteiger charge is 1.84. The molecule has 0 N–H and O–H groups in total. The predicted molar refractivity (Wildman–Crippen MR) is 32.5 cm³/mol. The fraction of sp³-hybridized carbons (Fsp3) is 0.200. The molecule has 0 amide bonds. The Morgan fingerprint density at radius 3 is 3.25 bits per heavy atom. The molecule has 0 fully saturated rings. The van der Waals surface area contributed by atoms with Crippen LogP contribution in [0, 0.1) is 6.08 Å². The smallest absolute Gasteiger partial charge is 0.106 e. The molecule has 0 saturated heterocycles. The second-order valence-electron chi connectivity index (χ2n) is 1.22. The molecule has 41 valence electrons. The number of aromatic nitrogens is 2. The summed E-state index contributed by atoms with van der Waals surface area (Å²) in [7, 11) is 0. The van der Waals surface area contributed by atoms with E-state index in [0.717, 1.165) is 5.69 Å². The minimum atomic E-state index is 0.817. The van der Waals surface area contributed by atoms with Crippen LogP contribution >= 0.6 is 11.5 Å². The molecule has 0 aliphatic heterocycles. The Morgan fingerprint density at radius 1 is 1.88 bits per heavy atom. The van der Waals surface area contributed by atoms with Crippen molar-refractivity contribution in [2.75, 3.05) is 0 Å². The second-order valence-corrected chi connectivity index (χ2v) is 1.83. The summed E-state index contributed by atoms with van der Waals surface area (Å²) in [4.78, 5) is 0. The topological polar surface area (TPSA) is 25.8 Å². The van der Waals surface area contributed by atoms with Crippen LogP contribution in [-0.2, 0) is 0 Å². The van der Waals surface area contributed by atoms with Gasteiger partial charge in [0.1, 0.15) is 5.69 Å². The summed E-state index contributed by atoms with van der Waals surface area (Å²) < 4.78 is 3.65. The molecule has 0 spiro atoms. The zero-order chi connectivity index (χ0) is 5.82. The van der Waals surface area contributed by atoms with Crippen molar-refractivity contribution in [3.63, 3.8) is 0 Å². The Kier molecular flexibility index (Phi) is 1.75. The minimum absolute atomic E-state index is 0.817. The van der Waals surface area contributed by atoms with Crippen LogP contribution in [0.3, 0.4) is 0 Å².